The molecule has 0 atom stereocenters. The maximum atomic E-state index is 13.2. The van der Waals surface area contributed by atoms with E-state index in [0.29, 0.717) is 5.69 Å². The summed E-state index contributed by atoms with van der Waals surface area (Å²) in [6, 6.07) is 18.6. The van der Waals surface area contributed by atoms with Gasteiger partial charge in [0.15, 0.2) is 0 Å². The van der Waals surface area contributed by atoms with Crippen LogP contribution in [0.3, 0.4) is 0 Å². The largest absolute Gasteiger partial charge is 0.324 e. The Morgan fingerprint density at radius 2 is 1.83 bits per heavy atom. The van der Waals surface area contributed by atoms with E-state index in [0.717, 1.165) is 5.03 Å². The third-order valence-corrected chi connectivity index (χ3v) is 7.29. The highest BCUT2D eigenvalue weighted by Gasteiger charge is 2.24. The van der Waals surface area contributed by atoms with Gasteiger partial charge < -0.3 is 5.32 Å². The van der Waals surface area contributed by atoms with E-state index in [9.17, 15) is 13.2 Å². The predicted octanol–water partition coefficient (Wildman–Crippen LogP) is 4.68. The van der Waals surface area contributed by atoms with Crippen LogP contribution in [-0.2, 0) is 14.8 Å². The molecular formula is C21H20ClN3O3S2. The second kappa shape index (κ2) is 9.97. The van der Waals surface area contributed by atoms with Gasteiger partial charge in [-0.15, -0.1) is 0 Å². The number of nitrogens with one attached hydrogen (secondary N) is 1. The lowest BCUT2D eigenvalue weighted by Gasteiger charge is -2.23. The van der Waals surface area contributed by atoms with Crippen LogP contribution in [-0.4, -0.2) is 31.6 Å². The summed E-state index contributed by atoms with van der Waals surface area (Å²) in [7, 11) is -3.83. The quantitative estimate of drug-likeness (QED) is 0.492. The molecule has 0 aliphatic rings. The summed E-state index contributed by atoms with van der Waals surface area (Å²) in [5, 5.41) is 3.66. The van der Waals surface area contributed by atoms with E-state index in [1.165, 1.54) is 34.3 Å². The Labute approximate surface area is 185 Å². The maximum absolute atomic E-state index is 13.2. The number of sulfonamides is 1. The molecule has 156 valence electrons. The van der Waals surface area contributed by atoms with E-state index in [1.54, 1.807) is 49.5 Å². The number of hydrogen-bond acceptors (Lipinski definition) is 5. The van der Waals surface area contributed by atoms with E-state index in [4.69, 9.17) is 11.6 Å². The van der Waals surface area contributed by atoms with E-state index in [2.05, 4.69) is 10.3 Å². The van der Waals surface area contributed by atoms with Crippen LogP contribution in [0.25, 0.3) is 0 Å². The van der Waals surface area contributed by atoms with Crippen LogP contribution in [0.2, 0.25) is 5.02 Å². The first kappa shape index (κ1) is 22.1. The average molecular weight is 462 g/mol. The van der Waals surface area contributed by atoms with Gasteiger partial charge >= 0.3 is 0 Å². The number of thioether (sulfide) groups is 1. The Morgan fingerprint density at radius 1 is 1.10 bits per heavy atom. The number of carbonyl (C=O) groups excluding carboxylic acids is 1. The number of amides is 1. The van der Waals surface area contributed by atoms with Crippen molar-refractivity contribution in [3.05, 3.63) is 77.9 Å². The zero-order valence-corrected chi connectivity index (χ0v) is 18.5. The number of hydrogen-bond donors (Lipinski definition) is 1. The summed E-state index contributed by atoms with van der Waals surface area (Å²) in [5.74, 6) is -0.187. The summed E-state index contributed by atoms with van der Waals surface area (Å²) in [6.07, 6.45) is 1.65. The van der Waals surface area contributed by atoms with Gasteiger partial charge in [0.2, 0.25) is 5.91 Å². The lowest BCUT2D eigenvalue weighted by atomic mass is 10.3. The topological polar surface area (TPSA) is 79.4 Å². The molecule has 9 heteroatoms. The smallest absolute Gasteiger partial charge is 0.264 e. The summed E-state index contributed by atoms with van der Waals surface area (Å²) >= 11 is 7.47. The first-order valence-electron chi connectivity index (χ1n) is 9.13. The number of pyridine rings is 1. The minimum atomic E-state index is -3.83. The second-order valence-corrected chi connectivity index (χ2v) is 9.42. The first-order valence-corrected chi connectivity index (χ1v) is 11.9. The summed E-state index contributed by atoms with van der Waals surface area (Å²) in [5.41, 5.74) is 0.806. The van der Waals surface area contributed by atoms with Gasteiger partial charge in [0, 0.05) is 12.7 Å². The Morgan fingerprint density at radius 3 is 2.50 bits per heavy atom. The molecule has 3 rings (SSSR count). The molecule has 0 fully saturated rings. The Bertz CT molecular complexity index is 1110. The Balaban J connectivity index is 1.79. The van der Waals surface area contributed by atoms with Crippen molar-refractivity contribution in [2.45, 2.75) is 16.8 Å². The molecule has 0 radical (unpaired) electrons. The highest BCUT2D eigenvalue weighted by molar-refractivity contribution is 7.99. The van der Waals surface area contributed by atoms with E-state index in [-0.39, 0.29) is 33.8 Å². The standard InChI is InChI=1S/C21H20ClN3O3S2/c1-2-25(16-8-4-3-5-9-16)30(27,28)17-11-12-18(22)19(14-17)24-20(26)15-29-21-10-6-7-13-23-21/h3-14H,2,15H2,1H3,(H,24,26). The van der Waals surface area contributed by atoms with Crippen molar-refractivity contribution in [3.63, 3.8) is 0 Å². The van der Waals surface area contributed by atoms with Gasteiger partial charge in [0.1, 0.15) is 0 Å². The monoisotopic (exact) mass is 461 g/mol. The number of anilines is 2. The fourth-order valence-electron chi connectivity index (χ4n) is 2.73. The summed E-state index contributed by atoms with van der Waals surface area (Å²) < 4.78 is 27.7. The van der Waals surface area contributed by atoms with Crippen LogP contribution in [0, 0.1) is 0 Å². The molecule has 0 bridgehead atoms. The number of para-hydroxylation sites is 1. The lowest BCUT2D eigenvalue weighted by Crippen LogP contribution is -2.30. The van der Waals surface area contributed by atoms with Crippen molar-refractivity contribution in [2.75, 3.05) is 21.9 Å². The van der Waals surface area contributed by atoms with Crippen molar-refractivity contribution >= 4 is 50.7 Å². The third kappa shape index (κ3) is 5.33. The van der Waals surface area contributed by atoms with Gasteiger partial charge in [-0.2, -0.15) is 0 Å². The van der Waals surface area contributed by atoms with Crippen molar-refractivity contribution in [3.8, 4) is 0 Å². The van der Waals surface area contributed by atoms with Crippen LogP contribution < -0.4 is 9.62 Å². The molecule has 0 saturated heterocycles. The summed E-state index contributed by atoms with van der Waals surface area (Å²) in [4.78, 5) is 16.5. The molecule has 3 aromatic rings. The second-order valence-electron chi connectivity index (χ2n) is 6.15. The van der Waals surface area contributed by atoms with Gasteiger partial charge in [-0.1, -0.05) is 47.6 Å². The average Bonchev–Trinajstić information content (AvgIpc) is 2.75. The number of nitrogens with zero attached hydrogens (tertiary/aromatic N) is 2. The molecule has 2 aromatic carbocycles. The van der Waals surface area contributed by atoms with Crippen molar-refractivity contribution in [1.29, 1.82) is 0 Å². The minimum Gasteiger partial charge on any atom is -0.324 e. The molecule has 6 nitrogen and oxygen atoms in total. The molecule has 0 unspecified atom stereocenters. The fourth-order valence-corrected chi connectivity index (χ4v) is 5.06. The van der Waals surface area contributed by atoms with Gasteiger partial charge in [-0.05, 0) is 49.4 Å². The van der Waals surface area contributed by atoms with E-state index in [1.807, 2.05) is 12.1 Å². The molecule has 0 aliphatic heterocycles. The molecular weight excluding hydrogens is 442 g/mol. The first-order chi connectivity index (χ1) is 14.4. The van der Waals surface area contributed by atoms with E-state index >= 15 is 0 Å². The molecule has 1 amide bonds. The SMILES string of the molecule is CCN(c1ccccc1)S(=O)(=O)c1ccc(Cl)c(NC(=O)CSc2ccccn2)c1. The van der Waals surface area contributed by atoms with Gasteiger partial charge in [-0.25, -0.2) is 13.4 Å². The summed E-state index contributed by atoms with van der Waals surface area (Å²) in [6.45, 7) is 2.02. The number of carbonyl (C=O) groups is 1. The molecule has 30 heavy (non-hydrogen) atoms. The van der Waals surface area contributed by atoms with Crippen LogP contribution in [0.4, 0.5) is 11.4 Å². The van der Waals surface area contributed by atoms with Crippen LogP contribution >= 0.6 is 23.4 Å². The number of benzene rings is 2. The third-order valence-electron chi connectivity index (χ3n) is 4.12. The Kier molecular flexibility index (Phi) is 7.36. The zero-order chi connectivity index (χ0) is 21.6. The highest BCUT2D eigenvalue weighted by Crippen LogP contribution is 2.29. The van der Waals surface area contributed by atoms with Gasteiger partial charge in [0.25, 0.3) is 10.0 Å². The Hall–Kier alpha value is -2.55. The zero-order valence-electron chi connectivity index (χ0n) is 16.2. The number of halogens is 1. The molecule has 0 spiro atoms. The maximum Gasteiger partial charge on any atom is 0.264 e. The van der Waals surface area contributed by atoms with Crippen LogP contribution in [0.15, 0.2) is 82.8 Å². The van der Waals surface area contributed by atoms with Crippen molar-refractivity contribution in [2.24, 2.45) is 0 Å². The van der Waals surface area contributed by atoms with Crippen molar-refractivity contribution < 1.29 is 13.2 Å². The van der Waals surface area contributed by atoms with Gasteiger partial charge in [-0.3, -0.25) is 9.10 Å². The lowest BCUT2D eigenvalue weighted by molar-refractivity contribution is -0.113. The molecule has 1 heterocycles. The molecule has 1 N–H and O–H groups in total. The van der Waals surface area contributed by atoms with Crippen molar-refractivity contribution in [1.82, 2.24) is 4.98 Å². The fraction of sp³-hybridized carbons (Fsp3) is 0.143. The minimum absolute atomic E-state index is 0.0466. The number of rotatable bonds is 8. The van der Waals surface area contributed by atoms with E-state index < -0.39 is 10.0 Å². The molecule has 1 aromatic heterocycles. The van der Waals surface area contributed by atoms with Crippen LogP contribution in [0.5, 0.6) is 0 Å². The highest BCUT2D eigenvalue weighted by atomic mass is 35.5. The normalized spacial score (nSPS) is 11.1. The predicted molar refractivity (Wildman–Crippen MR) is 122 cm³/mol. The number of aromatic nitrogens is 1. The van der Waals surface area contributed by atoms with Crippen LogP contribution in [0.1, 0.15) is 6.92 Å². The molecule has 0 aliphatic carbocycles. The molecule has 0 saturated carbocycles. The van der Waals surface area contributed by atoms with Gasteiger partial charge in [0.05, 0.1) is 32.1 Å².